The molecule has 0 spiro atoms. The van der Waals surface area contributed by atoms with Gasteiger partial charge in [0.05, 0.1) is 28.0 Å². The van der Waals surface area contributed by atoms with E-state index in [1.165, 1.54) is 11.0 Å². The van der Waals surface area contributed by atoms with Crippen LogP contribution in [0.1, 0.15) is 15.9 Å². The van der Waals surface area contributed by atoms with Crippen LogP contribution >= 0.6 is 27.5 Å². The number of nitrogens with zero attached hydrogens (tertiary/aromatic N) is 3. The molecule has 12 heteroatoms. The molecule has 1 fully saturated rings. The van der Waals surface area contributed by atoms with Crippen LogP contribution in [-0.2, 0) is 6.18 Å². The third-order valence-electron chi connectivity index (χ3n) is 7.25. The van der Waals surface area contributed by atoms with E-state index in [0.717, 1.165) is 33.1 Å². The lowest BCUT2D eigenvalue weighted by molar-refractivity contribution is -0.136. The average Bonchev–Trinajstić information content (AvgIpc) is 3.39. The zero-order valence-corrected chi connectivity index (χ0v) is 24.1. The molecule has 0 radical (unpaired) electrons. The highest BCUT2D eigenvalue weighted by atomic mass is 79.9. The Hall–Kier alpha value is -4.09. The number of amides is 3. The highest BCUT2D eigenvalue weighted by Crippen LogP contribution is 2.37. The minimum Gasteiger partial charge on any atom is -0.360 e. The number of rotatable bonds is 3. The molecule has 2 aromatic heterocycles. The minimum absolute atomic E-state index is 0.0863. The fourth-order valence-electron chi connectivity index (χ4n) is 5.13. The molecule has 3 aromatic carbocycles. The van der Waals surface area contributed by atoms with Gasteiger partial charge in [0.25, 0.3) is 5.91 Å². The molecule has 0 aliphatic carbocycles. The fraction of sp³-hybridized carbons (Fsp3) is 0.167. The van der Waals surface area contributed by atoms with Crippen LogP contribution in [0, 0.1) is 0 Å². The topological polar surface area (TPSA) is 81.3 Å². The molecule has 3 heterocycles. The van der Waals surface area contributed by atoms with E-state index in [2.05, 4.69) is 26.2 Å². The summed E-state index contributed by atoms with van der Waals surface area (Å²) in [7, 11) is 0. The van der Waals surface area contributed by atoms with E-state index in [-0.39, 0.29) is 42.8 Å². The van der Waals surface area contributed by atoms with Crippen molar-refractivity contribution in [2.75, 3.05) is 31.5 Å². The number of para-hydroxylation sites is 1. The van der Waals surface area contributed by atoms with Crippen LogP contribution in [0.3, 0.4) is 0 Å². The molecule has 0 atom stereocenters. The van der Waals surface area contributed by atoms with Gasteiger partial charge in [0.1, 0.15) is 0 Å². The van der Waals surface area contributed by atoms with Crippen LogP contribution in [0.25, 0.3) is 33.1 Å². The molecule has 1 saturated heterocycles. The number of aromatic amines is 1. The van der Waals surface area contributed by atoms with Gasteiger partial charge in [0, 0.05) is 63.7 Å². The zero-order valence-electron chi connectivity index (χ0n) is 21.8. The molecule has 3 amide bonds. The van der Waals surface area contributed by atoms with Crippen molar-refractivity contribution in [2.45, 2.75) is 6.18 Å². The Kier molecular flexibility index (Phi) is 7.32. The number of halogens is 5. The maximum absolute atomic E-state index is 13.8. The van der Waals surface area contributed by atoms with Crippen molar-refractivity contribution in [1.29, 1.82) is 0 Å². The standard InChI is InChI=1S/C30H22BrClF3N5O2/c31-17-5-7-24-20(13-17)22(16-36-24)27-15-21(19-3-1-2-4-25(19)37-27)28(41)39-9-11-40(12-10-39)29(42)38-26-8-6-18(32)14-23(26)30(33,34)35/h1-8,13-16,36H,9-12H2,(H,38,42). The van der Waals surface area contributed by atoms with Crippen molar-refractivity contribution in [3.63, 3.8) is 0 Å². The van der Waals surface area contributed by atoms with Crippen molar-refractivity contribution >= 4 is 67.0 Å². The second kappa shape index (κ2) is 11.0. The number of carbonyl (C=O) groups excluding carboxylic acids is 2. The Bertz CT molecular complexity index is 1850. The van der Waals surface area contributed by atoms with E-state index in [1.807, 2.05) is 48.7 Å². The van der Waals surface area contributed by atoms with E-state index in [9.17, 15) is 22.8 Å². The molecule has 0 bridgehead atoms. The Balaban J connectivity index is 1.23. The Morgan fingerprint density at radius 2 is 1.67 bits per heavy atom. The number of anilines is 1. The van der Waals surface area contributed by atoms with Gasteiger partial charge in [0.15, 0.2) is 0 Å². The first-order valence-corrected chi connectivity index (χ1v) is 14.1. The summed E-state index contributed by atoms with van der Waals surface area (Å²) < 4.78 is 41.3. The minimum atomic E-state index is -4.69. The first kappa shape index (κ1) is 28.0. The van der Waals surface area contributed by atoms with Crippen molar-refractivity contribution in [3.05, 3.63) is 93.5 Å². The lowest BCUT2D eigenvalue weighted by Gasteiger charge is -2.35. The predicted octanol–water partition coefficient (Wildman–Crippen LogP) is 7.81. The molecular formula is C30H22BrClF3N5O2. The SMILES string of the molecule is O=C(Nc1ccc(Cl)cc1C(F)(F)F)N1CCN(C(=O)c2cc(-c3c[nH]c4ccc(Br)cc34)nc3ccccc23)CC1. The first-order valence-electron chi connectivity index (χ1n) is 13.0. The molecule has 0 unspecified atom stereocenters. The smallest absolute Gasteiger partial charge is 0.360 e. The molecule has 2 N–H and O–H groups in total. The van der Waals surface area contributed by atoms with Gasteiger partial charge in [-0.1, -0.05) is 45.7 Å². The Morgan fingerprint density at radius 3 is 2.43 bits per heavy atom. The summed E-state index contributed by atoms with van der Waals surface area (Å²) in [5.74, 6) is -0.215. The second-order valence-corrected chi connectivity index (χ2v) is 11.2. The number of aromatic nitrogens is 2. The summed E-state index contributed by atoms with van der Waals surface area (Å²) in [5, 5.41) is 3.92. The summed E-state index contributed by atoms with van der Waals surface area (Å²) >= 11 is 9.26. The number of alkyl halides is 3. The number of hydrogen-bond acceptors (Lipinski definition) is 3. The van der Waals surface area contributed by atoms with Gasteiger partial charge < -0.3 is 20.1 Å². The molecule has 214 valence electrons. The summed E-state index contributed by atoms with van der Waals surface area (Å²) in [6, 6.07) is 17.6. The average molecular weight is 657 g/mol. The fourth-order valence-corrected chi connectivity index (χ4v) is 5.67. The molecule has 1 aliphatic heterocycles. The van der Waals surface area contributed by atoms with Gasteiger partial charge in [-0.25, -0.2) is 9.78 Å². The van der Waals surface area contributed by atoms with E-state index >= 15 is 0 Å². The first-order chi connectivity index (χ1) is 20.1. The Labute approximate surface area is 251 Å². The largest absolute Gasteiger partial charge is 0.418 e. The number of benzene rings is 3. The lowest BCUT2D eigenvalue weighted by atomic mass is 10.0. The molecule has 1 aliphatic rings. The maximum atomic E-state index is 13.8. The number of urea groups is 1. The highest BCUT2D eigenvalue weighted by Gasteiger charge is 2.35. The van der Waals surface area contributed by atoms with Gasteiger partial charge in [-0.05, 0) is 48.5 Å². The van der Waals surface area contributed by atoms with Crippen LogP contribution in [0.15, 0.2) is 77.4 Å². The zero-order chi connectivity index (χ0) is 29.6. The summed E-state index contributed by atoms with van der Waals surface area (Å²) in [6.07, 6.45) is -2.82. The van der Waals surface area contributed by atoms with E-state index in [1.54, 1.807) is 11.0 Å². The van der Waals surface area contributed by atoms with Gasteiger partial charge in [-0.3, -0.25) is 4.79 Å². The van der Waals surface area contributed by atoms with Crippen molar-refractivity contribution in [3.8, 4) is 11.3 Å². The molecule has 5 aromatic rings. The van der Waals surface area contributed by atoms with Crippen LogP contribution in [-0.4, -0.2) is 57.9 Å². The molecule has 0 saturated carbocycles. The van der Waals surface area contributed by atoms with Crippen molar-refractivity contribution < 1.29 is 22.8 Å². The number of H-pyrrole nitrogens is 1. The number of carbonyl (C=O) groups is 2. The summed E-state index contributed by atoms with van der Waals surface area (Å²) in [6.45, 7) is 0.730. The lowest BCUT2D eigenvalue weighted by Crippen LogP contribution is -2.51. The second-order valence-electron chi connectivity index (χ2n) is 9.86. The van der Waals surface area contributed by atoms with Crippen LogP contribution in [0.2, 0.25) is 5.02 Å². The van der Waals surface area contributed by atoms with Crippen molar-refractivity contribution in [1.82, 2.24) is 19.8 Å². The maximum Gasteiger partial charge on any atom is 0.418 e. The molecule has 42 heavy (non-hydrogen) atoms. The summed E-state index contributed by atoms with van der Waals surface area (Å²) in [5.41, 5.74) is 2.18. The van der Waals surface area contributed by atoms with Crippen molar-refractivity contribution in [2.24, 2.45) is 0 Å². The molecule has 7 nitrogen and oxygen atoms in total. The van der Waals surface area contributed by atoms with Crippen LogP contribution < -0.4 is 5.32 Å². The van der Waals surface area contributed by atoms with Gasteiger partial charge in [-0.15, -0.1) is 0 Å². The van der Waals surface area contributed by atoms with Crippen LogP contribution in [0.5, 0.6) is 0 Å². The van der Waals surface area contributed by atoms with E-state index in [0.29, 0.717) is 22.2 Å². The van der Waals surface area contributed by atoms with E-state index < -0.39 is 17.8 Å². The predicted molar refractivity (Wildman–Crippen MR) is 160 cm³/mol. The van der Waals surface area contributed by atoms with Gasteiger partial charge >= 0.3 is 12.2 Å². The normalized spacial score (nSPS) is 14.0. The van der Waals surface area contributed by atoms with Crippen LogP contribution in [0.4, 0.5) is 23.7 Å². The monoisotopic (exact) mass is 655 g/mol. The van der Waals surface area contributed by atoms with Gasteiger partial charge in [-0.2, -0.15) is 13.2 Å². The summed E-state index contributed by atoms with van der Waals surface area (Å²) in [4.78, 5) is 37.8. The number of nitrogens with one attached hydrogen (secondary N) is 2. The third kappa shape index (κ3) is 5.41. The molecular weight excluding hydrogens is 635 g/mol. The third-order valence-corrected chi connectivity index (χ3v) is 7.98. The number of pyridine rings is 1. The number of piperazine rings is 1. The van der Waals surface area contributed by atoms with Gasteiger partial charge in [0.2, 0.25) is 0 Å². The number of hydrogen-bond donors (Lipinski definition) is 2. The highest BCUT2D eigenvalue weighted by molar-refractivity contribution is 9.10. The van der Waals surface area contributed by atoms with E-state index in [4.69, 9.17) is 16.6 Å². The Morgan fingerprint density at radius 1 is 0.929 bits per heavy atom. The quantitative estimate of drug-likeness (QED) is 0.208. The number of fused-ring (bicyclic) bond motifs is 2. The molecule has 6 rings (SSSR count).